The molecular formula is C24H20ClF3N10O2. The smallest absolute Gasteiger partial charge is 0.350 e. The molecule has 2 amide bonds. The highest BCUT2D eigenvalue weighted by atomic mass is 35.5. The van der Waals surface area contributed by atoms with Gasteiger partial charge < -0.3 is 10.6 Å². The molecule has 3 aromatic heterocycles. The zero-order valence-electron chi connectivity index (χ0n) is 21.2. The number of amides is 2. The molecule has 0 aliphatic heterocycles. The van der Waals surface area contributed by atoms with Crippen molar-refractivity contribution < 1.29 is 22.8 Å². The van der Waals surface area contributed by atoms with Crippen LogP contribution in [-0.2, 0) is 12.7 Å². The van der Waals surface area contributed by atoms with Crippen molar-refractivity contribution in [2.75, 3.05) is 5.32 Å². The number of nitriles is 1. The summed E-state index contributed by atoms with van der Waals surface area (Å²) < 4.78 is 39.8. The highest BCUT2D eigenvalue weighted by molar-refractivity contribution is 6.32. The molecule has 4 aromatic rings. The minimum Gasteiger partial charge on any atom is -0.350 e. The molecule has 2 N–H and O–H groups in total. The summed E-state index contributed by atoms with van der Waals surface area (Å²) >= 11 is 6.29. The molecule has 0 atom stereocenters. The number of aromatic nitrogens is 7. The fourth-order valence-corrected chi connectivity index (χ4v) is 3.85. The van der Waals surface area contributed by atoms with Gasteiger partial charge in [-0.2, -0.15) is 28.3 Å². The van der Waals surface area contributed by atoms with Crippen molar-refractivity contribution in [2.45, 2.75) is 39.5 Å². The number of tetrazole rings is 1. The first kappa shape index (κ1) is 28.2. The van der Waals surface area contributed by atoms with Crippen molar-refractivity contribution in [1.82, 2.24) is 40.3 Å². The van der Waals surface area contributed by atoms with E-state index in [-0.39, 0.29) is 51.6 Å². The van der Waals surface area contributed by atoms with Crippen LogP contribution in [0.4, 0.5) is 18.9 Å². The van der Waals surface area contributed by atoms with E-state index >= 15 is 0 Å². The lowest BCUT2D eigenvalue weighted by atomic mass is 10.0. The van der Waals surface area contributed by atoms with E-state index in [0.29, 0.717) is 10.4 Å². The molecule has 0 aliphatic rings. The van der Waals surface area contributed by atoms with Crippen LogP contribution < -0.4 is 10.6 Å². The van der Waals surface area contributed by atoms with Crippen LogP contribution in [0.5, 0.6) is 0 Å². The summed E-state index contributed by atoms with van der Waals surface area (Å²) in [7, 11) is 0. The van der Waals surface area contributed by atoms with Crippen LogP contribution in [-0.4, -0.2) is 52.8 Å². The Kier molecular flexibility index (Phi) is 7.82. The maximum Gasteiger partial charge on any atom is 0.455 e. The van der Waals surface area contributed by atoms with E-state index in [1.807, 2.05) is 6.07 Å². The third-order valence-corrected chi connectivity index (χ3v) is 5.60. The average Bonchev–Trinajstić information content (AvgIpc) is 3.52. The van der Waals surface area contributed by atoms with Gasteiger partial charge in [-0.05, 0) is 61.9 Å². The first-order valence-electron chi connectivity index (χ1n) is 11.6. The van der Waals surface area contributed by atoms with Gasteiger partial charge in [0.2, 0.25) is 0 Å². The molecular weight excluding hydrogens is 553 g/mol. The molecule has 4 rings (SSSR count). The summed E-state index contributed by atoms with van der Waals surface area (Å²) in [5, 5.41) is 28.9. The lowest BCUT2D eigenvalue weighted by Crippen LogP contribution is -2.31. The molecule has 0 unspecified atom stereocenters. The zero-order valence-corrected chi connectivity index (χ0v) is 21.9. The molecule has 0 bridgehead atoms. The number of nitrogens with zero attached hydrogens (tertiary/aromatic N) is 8. The van der Waals surface area contributed by atoms with E-state index in [0.717, 1.165) is 4.68 Å². The number of pyridine rings is 1. The summed E-state index contributed by atoms with van der Waals surface area (Å²) in [6.07, 6.45) is -3.37. The SMILES string of the molecule is Cc1cc(C#N)cc(C(=O)NC(C)C)c1NC(=O)c1cc(Cn2nnc(C(F)(F)F)n2)nn1-c1ncccc1Cl. The molecule has 0 radical (unpaired) electrons. The molecule has 0 saturated heterocycles. The monoisotopic (exact) mass is 572 g/mol. The Morgan fingerprint density at radius 2 is 1.93 bits per heavy atom. The molecule has 16 heteroatoms. The molecule has 206 valence electrons. The number of carbonyl (C=O) groups excluding carboxylic acids is 2. The van der Waals surface area contributed by atoms with E-state index in [1.165, 1.54) is 30.5 Å². The number of rotatable bonds is 7. The van der Waals surface area contributed by atoms with Gasteiger partial charge in [-0.25, -0.2) is 9.67 Å². The van der Waals surface area contributed by atoms with Gasteiger partial charge in [0.1, 0.15) is 12.2 Å². The maximum absolute atomic E-state index is 13.6. The number of anilines is 1. The highest BCUT2D eigenvalue weighted by Crippen LogP contribution is 2.27. The Labute approximate surface area is 229 Å². The van der Waals surface area contributed by atoms with Gasteiger partial charge in [0, 0.05) is 12.2 Å². The Bertz CT molecular complexity index is 1640. The van der Waals surface area contributed by atoms with Crippen LogP contribution in [0.25, 0.3) is 5.82 Å². The number of hydrogen-bond acceptors (Lipinski definition) is 8. The lowest BCUT2D eigenvalue weighted by Gasteiger charge is -2.16. The van der Waals surface area contributed by atoms with Crippen molar-refractivity contribution >= 4 is 29.1 Å². The predicted molar refractivity (Wildman–Crippen MR) is 135 cm³/mol. The summed E-state index contributed by atoms with van der Waals surface area (Å²) in [5.41, 5.74) is 0.854. The van der Waals surface area contributed by atoms with E-state index in [9.17, 15) is 28.0 Å². The van der Waals surface area contributed by atoms with E-state index < -0.39 is 23.8 Å². The number of hydrogen-bond donors (Lipinski definition) is 2. The molecule has 0 saturated carbocycles. The van der Waals surface area contributed by atoms with Crippen molar-refractivity contribution in [1.29, 1.82) is 5.26 Å². The van der Waals surface area contributed by atoms with E-state index in [1.54, 1.807) is 26.8 Å². The predicted octanol–water partition coefficient (Wildman–Crippen LogP) is 3.54. The lowest BCUT2D eigenvalue weighted by molar-refractivity contribution is -0.145. The number of aryl methyl sites for hydroxylation is 1. The molecule has 40 heavy (non-hydrogen) atoms. The van der Waals surface area contributed by atoms with Crippen molar-refractivity contribution in [3.8, 4) is 11.9 Å². The van der Waals surface area contributed by atoms with Crippen LogP contribution in [0.2, 0.25) is 5.02 Å². The minimum atomic E-state index is -4.79. The van der Waals surface area contributed by atoms with Crippen LogP contribution in [0.3, 0.4) is 0 Å². The third-order valence-electron chi connectivity index (χ3n) is 5.31. The fraction of sp³-hybridized carbons (Fsp3) is 0.250. The molecule has 3 heterocycles. The first-order valence-corrected chi connectivity index (χ1v) is 12.0. The fourth-order valence-electron chi connectivity index (χ4n) is 3.65. The maximum atomic E-state index is 13.6. The Balaban J connectivity index is 1.75. The van der Waals surface area contributed by atoms with Gasteiger partial charge >= 0.3 is 6.18 Å². The molecule has 0 spiro atoms. The number of carbonyl (C=O) groups is 2. The number of halogens is 4. The van der Waals surface area contributed by atoms with Crippen molar-refractivity contribution in [2.24, 2.45) is 0 Å². The zero-order chi connectivity index (χ0) is 29.2. The molecule has 1 aromatic carbocycles. The second-order valence-corrected chi connectivity index (χ2v) is 9.20. The van der Waals surface area contributed by atoms with Gasteiger partial charge in [-0.1, -0.05) is 11.6 Å². The van der Waals surface area contributed by atoms with Crippen LogP contribution in [0.1, 0.15) is 57.3 Å². The second kappa shape index (κ2) is 11.1. The van der Waals surface area contributed by atoms with Crippen molar-refractivity contribution in [3.05, 3.63) is 75.5 Å². The number of nitrogens with one attached hydrogen (secondary N) is 2. The Morgan fingerprint density at radius 1 is 1.18 bits per heavy atom. The van der Waals surface area contributed by atoms with E-state index in [4.69, 9.17) is 11.6 Å². The highest BCUT2D eigenvalue weighted by Gasteiger charge is 2.37. The first-order chi connectivity index (χ1) is 18.9. The summed E-state index contributed by atoms with van der Waals surface area (Å²) in [5.74, 6) is -2.61. The molecule has 0 aliphatic carbocycles. The van der Waals surface area contributed by atoms with Gasteiger partial charge in [0.05, 0.1) is 33.6 Å². The van der Waals surface area contributed by atoms with Crippen LogP contribution in [0.15, 0.2) is 36.5 Å². The minimum absolute atomic E-state index is 0.0623. The Morgan fingerprint density at radius 3 is 2.55 bits per heavy atom. The summed E-state index contributed by atoms with van der Waals surface area (Å²) in [6, 6.07) is 9.00. The number of alkyl halides is 3. The normalized spacial score (nSPS) is 11.4. The van der Waals surface area contributed by atoms with E-state index in [2.05, 4.69) is 36.1 Å². The average molecular weight is 573 g/mol. The quantitative estimate of drug-likeness (QED) is 0.340. The van der Waals surface area contributed by atoms with Gasteiger partial charge in [0.25, 0.3) is 17.6 Å². The number of benzene rings is 1. The molecule has 12 nitrogen and oxygen atoms in total. The summed E-state index contributed by atoms with van der Waals surface area (Å²) in [6.45, 7) is 4.78. The van der Waals surface area contributed by atoms with Gasteiger partial charge in [-0.15, -0.1) is 10.2 Å². The summed E-state index contributed by atoms with van der Waals surface area (Å²) in [4.78, 5) is 31.3. The topological polar surface area (TPSA) is 156 Å². The largest absolute Gasteiger partial charge is 0.455 e. The molecule has 0 fully saturated rings. The van der Waals surface area contributed by atoms with Crippen LogP contribution in [0, 0.1) is 18.3 Å². The third kappa shape index (κ3) is 6.07. The van der Waals surface area contributed by atoms with Crippen molar-refractivity contribution in [3.63, 3.8) is 0 Å². The second-order valence-electron chi connectivity index (χ2n) is 8.79. The van der Waals surface area contributed by atoms with Gasteiger partial charge in [-0.3, -0.25) is 9.59 Å². The van der Waals surface area contributed by atoms with Crippen LogP contribution >= 0.6 is 11.6 Å². The van der Waals surface area contributed by atoms with Gasteiger partial charge in [0.15, 0.2) is 5.82 Å². The Hall–Kier alpha value is -4.84. The standard InChI is InChI=1S/C24H20ClF3N10O2/c1-12(2)31-21(39)16-8-14(10-29)7-13(3)19(16)32-22(40)18-9-15(11-37-35-23(33-36-37)24(26,27)28)34-38(18)20-17(25)5-4-6-30-20/h4-9,12H,11H2,1-3H3,(H,31,39)(H,32,40).